The number of para-hydroxylation sites is 1. The first-order chi connectivity index (χ1) is 14.7. The monoisotopic (exact) mass is 420 g/mol. The number of carbonyl (C=O) groups excluding carboxylic acids is 1. The molecule has 4 rings (SSSR count). The van der Waals surface area contributed by atoms with Crippen molar-refractivity contribution in [1.82, 2.24) is 20.1 Å². The minimum absolute atomic E-state index is 0.0825. The van der Waals surface area contributed by atoms with Gasteiger partial charge in [0.2, 0.25) is 5.91 Å². The van der Waals surface area contributed by atoms with Crippen LogP contribution in [0.15, 0.2) is 65.8 Å². The van der Waals surface area contributed by atoms with Gasteiger partial charge >= 0.3 is 0 Å². The number of carbonyl (C=O) groups is 1. The minimum atomic E-state index is -0.233. The van der Waals surface area contributed by atoms with Crippen molar-refractivity contribution in [3.63, 3.8) is 0 Å². The third-order valence-corrected chi connectivity index (χ3v) is 6.57. The average Bonchev–Trinajstić information content (AvgIpc) is 3.17. The van der Waals surface area contributed by atoms with Crippen LogP contribution in [-0.2, 0) is 11.2 Å². The Morgan fingerprint density at radius 3 is 2.40 bits per heavy atom. The van der Waals surface area contributed by atoms with E-state index in [0.717, 1.165) is 29.5 Å². The first-order valence-corrected chi connectivity index (χ1v) is 11.6. The Labute approximate surface area is 182 Å². The van der Waals surface area contributed by atoms with Gasteiger partial charge in [0.15, 0.2) is 5.16 Å². The zero-order valence-electron chi connectivity index (χ0n) is 17.3. The molecule has 156 valence electrons. The van der Waals surface area contributed by atoms with Gasteiger partial charge in [0, 0.05) is 18.2 Å². The fourth-order valence-corrected chi connectivity index (χ4v) is 4.78. The number of thioether (sulfide) groups is 1. The van der Waals surface area contributed by atoms with Gasteiger partial charge in [0.1, 0.15) is 5.82 Å². The fourth-order valence-electron chi connectivity index (χ4n) is 3.88. The van der Waals surface area contributed by atoms with Crippen LogP contribution in [-0.4, -0.2) is 32.0 Å². The van der Waals surface area contributed by atoms with Crippen molar-refractivity contribution >= 4 is 17.7 Å². The van der Waals surface area contributed by atoms with Crippen LogP contribution < -0.4 is 5.32 Å². The van der Waals surface area contributed by atoms with Gasteiger partial charge in [-0.3, -0.25) is 9.36 Å². The first-order valence-electron chi connectivity index (χ1n) is 10.7. The van der Waals surface area contributed by atoms with Crippen LogP contribution in [0.5, 0.6) is 0 Å². The lowest BCUT2D eigenvalue weighted by Gasteiger charge is -2.24. The molecular formula is C24H28N4OS. The number of hydrogen-bond acceptors (Lipinski definition) is 4. The highest BCUT2D eigenvalue weighted by Crippen LogP contribution is 2.27. The van der Waals surface area contributed by atoms with Gasteiger partial charge in [-0.1, -0.05) is 79.6 Å². The molecule has 1 saturated carbocycles. The third kappa shape index (κ3) is 5.11. The summed E-state index contributed by atoms with van der Waals surface area (Å²) < 4.78 is 2.07. The lowest BCUT2D eigenvalue weighted by molar-refractivity contribution is -0.121. The van der Waals surface area contributed by atoms with E-state index in [1.807, 2.05) is 43.3 Å². The van der Waals surface area contributed by atoms with E-state index in [2.05, 4.69) is 44.3 Å². The molecule has 1 fully saturated rings. The molecule has 5 nitrogen and oxygen atoms in total. The maximum Gasteiger partial charge on any atom is 0.233 e. The van der Waals surface area contributed by atoms with Crippen molar-refractivity contribution in [3.05, 3.63) is 72.1 Å². The molecule has 30 heavy (non-hydrogen) atoms. The number of nitrogens with zero attached hydrogens (tertiary/aromatic N) is 3. The van der Waals surface area contributed by atoms with Crippen LogP contribution in [0.25, 0.3) is 5.69 Å². The molecule has 3 aromatic rings. The molecule has 0 bridgehead atoms. The molecule has 1 aliphatic rings. The Hall–Kier alpha value is -2.60. The summed E-state index contributed by atoms with van der Waals surface area (Å²) in [5, 5.41) is 12.7. The molecule has 1 aromatic heterocycles. The highest BCUT2D eigenvalue weighted by Gasteiger charge is 2.23. The average molecular weight is 421 g/mol. The normalized spacial score (nSPS) is 15.6. The van der Waals surface area contributed by atoms with Gasteiger partial charge in [0.25, 0.3) is 0 Å². The standard InChI is InChI=1S/C24H28N4OS/c1-18(23(29)25-20-13-7-3-8-14-20)30-24-27-26-22(17-19-11-5-2-6-12-19)28(24)21-15-9-4-10-16-21/h2,4-6,9-12,15-16,18,20H,3,7-8,13-14,17H2,1H3,(H,25,29). The molecule has 0 spiro atoms. The summed E-state index contributed by atoms with van der Waals surface area (Å²) in [4.78, 5) is 12.8. The SMILES string of the molecule is CC(Sc1nnc(Cc2ccccc2)n1-c1ccccc1)C(=O)NC1CCCCC1. The summed E-state index contributed by atoms with van der Waals surface area (Å²) in [6.07, 6.45) is 6.55. The number of amides is 1. The molecule has 1 N–H and O–H groups in total. The van der Waals surface area contributed by atoms with Gasteiger partial charge in [-0.2, -0.15) is 0 Å². The van der Waals surface area contributed by atoms with E-state index in [4.69, 9.17) is 0 Å². The summed E-state index contributed by atoms with van der Waals surface area (Å²) >= 11 is 1.47. The maximum absolute atomic E-state index is 12.8. The Bertz CT molecular complexity index is 952. The number of rotatable bonds is 7. The number of nitrogens with one attached hydrogen (secondary N) is 1. The molecule has 1 amide bonds. The second kappa shape index (κ2) is 9.94. The van der Waals surface area contributed by atoms with Crippen LogP contribution in [0, 0.1) is 0 Å². The van der Waals surface area contributed by atoms with Crippen LogP contribution in [0.3, 0.4) is 0 Å². The highest BCUT2D eigenvalue weighted by molar-refractivity contribution is 8.00. The quantitative estimate of drug-likeness (QED) is 0.559. The lowest BCUT2D eigenvalue weighted by Crippen LogP contribution is -2.40. The Balaban J connectivity index is 1.54. The summed E-state index contributed by atoms with van der Waals surface area (Å²) in [6.45, 7) is 1.95. The van der Waals surface area contributed by atoms with Crippen LogP contribution in [0.1, 0.15) is 50.4 Å². The van der Waals surface area contributed by atoms with E-state index in [1.54, 1.807) is 0 Å². The molecule has 6 heteroatoms. The molecule has 2 aromatic carbocycles. The summed E-state index contributed by atoms with van der Waals surface area (Å²) in [5.74, 6) is 0.953. The van der Waals surface area contributed by atoms with E-state index in [9.17, 15) is 4.79 Å². The maximum atomic E-state index is 12.8. The van der Waals surface area contributed by atoms with Crippen LogP contribution in [0.4, 0.5) is 0 Å². The zero-order chi connectivity index (χ0) is 20.8. The minimum Gasteiger partial charge on any atom is -0.352 e. The van der Waals surface area contributed by atoms with Gasteiger partial charge in [-0.05, 0) is 37.5 Å². The highest BCUT2D eigenvalue weighted by atomic mass is 32.2. The molecule has 0 radical (unpaired) electrons. The van der Waals surface area contributed by atoms with E-state index in [1.165, 1.54) is 36.6 Å². The van der Waals surface area contributed by atoms with Crippen LogP contribution in [0.2, 0.25) is 0 Å². The first kappa shape index (κ1) is 20.7. The van der Waals surface area contributed by atoms with E-state index >= 15 is 0 Å². The Kier molecular flexibility index (Phi) is 6.84. The van der Waals surface area contributed by atoms with E-state index in [0.29, 0.717) is 12.5 Å². The molecule has 1 atom stereocenters. The van der Waals surface area contributed by atoms with E-state index in [-0.39, 0.29) is 11.2 Å². The van der Waals surface area contributed by atoms with Gasteiger partial charge < -0.3 is 5.32 Å². The second-order valence-electron chi connectivity index (χ2n) is 7.84. The Morgan fingerprint density at radius 1 is 1.03 bits per heavy atom. The molecular weight excluding hydrogens is 392 g/mol. The van der Waals surface area contributed by atoms with Crippen molar-refractivity contribution in [2.75, 3.05) is 0 Å². The van der Waals surface area contributed by atoms with Gasteiger partial charge in [-0.15, -0.1) is 10.2 Å². The molecule has 0 aliphatic heterocycles. The van der Waals surface area contributed by atoms with Crippen molar-refractivity contribution in [2.24, 2.45) is 0 Å². The molecule has 1 aliphatic carbocycles. The number of benzene rings is 2. The topological polar surface area (TPSA) is 59.8 Å². The number of aromatic nitrogens is 3. The van der Waals surface area contributed by atoms with Gasteiger partial charge in [0.05, 0.1) is 5.25 Å². The summed E-state index contributed by atoms with van der Waals surface area (Å²) in [6, 6.07) is 20.7. The van der Waals surface area contributed by atoms with Crippen molar-refractivity contribution in [3.8, 4) is 5.69 Å². The zero-order valence-corrected chi connectivity index (χ0v) is 18.1. The molecule has 0 saturated heterocycles. The van der Waals surface area contributed by atoms with E-state index < -0.39 is 0 Å². The summed E-state index contributed by atoms with van der Waals surface area (Å²) in [5.41, 5.74) is 2.19. The predicted molar refractivity (Wildman–Crippen MR) is 121 cm³/mol. The fraction of sp³-hybridized carbons (Fsp3) is 0.375. The molecule has 1 heterocycles. The summed E-state index contributed by atoms with van der Waals surface area (Å²) in [7, 11) is 0. The van der Waals surface area contributed by atoms with Crippen LogP contribution >= 0.6 is 11.8 Å². The second-order valence-corrected chi connectivity index (χ2v) is 9.14. The van der Waals surface area contributed by atoms with Crippen molar-refractivity contribution in [2.45, 2.75) is 61.9 Å². The smallest absolute Gasteiger partial charge is 0.233 e. The van der Waals surface area contributed by atoms with Gasteiger partial charge in [-0.25, -0.2) is 0 Å². The van der Waals surface area contributed by atoms with Crippen molar-refractivity contribution in [1.29, 1.82) is 0 Å². The lowest BCUT2D eigenvalue weighted by atomic mass is 9.95. The Morgan fingerprint density at radius 2 is 1.70 bits per heavy atom. The molecule has 1 unspecified atom stereocenters. The largest absolute Gasteiger partial charge is 0.352 e. The van der Waals surface area contributed by atoms with Crippen molar-refractivity contribution < 1.29 is 4.79 Å². The predicted octanol–water partition coefficient (Wildman–Crippen LogP) is 4.79. The third-order valence-electron chi connectivity index (χ3n) is 5.52. The number of hydrogen-bond donors (Lipinski definition) is 1.